The van der Waals surface area contributed by atoms with Crippen LogP contribution in [0, 0.1) is 0 Å². The molecular weight excluding hydrogens is 270 g/mol. The molecule has 21 heavy (non-hydrogen) atoms. The summed E-state index contributed by atoms with van der Waals surface area (Å²) < 4.78 is 11.0. The van der Waals surface area contributed by atoms with Crippen LogP contribution in [0.15, 0.2) is 30.4 Å². The molecule has 1 saturated heterocycles. The van der Waals surface area contributed by atoms with Crippen LogP contribution < -0.4 is 10.1 Å². The maximum atomic E-state index is 11.4. The summed E-state index contributed by atoms with van der Waals surface area (Å²) in [5, 5.41) is 2.83. The van der Waals surface area contributed by atoms with Crippen LogP contribution in [0.1, 0.15) is 25.3 Å². The fraction of sp³-hybridized carbons (Fsp3) is 0.375. The van der Waals surface area contributed by atoms with Gasteiger partial charge in [-0.3, -0.25) is 4.79 Å². The molecule has 0 spiro atoms. The van der Waals surface area contributed by atoms with Gasteiger partial charge in [0.2, 0.25) is 5.91 Å². The lowest BCUT2D eigenvalue weighted by atomic mass is 10.0. The minimum atomic E-state index is -0.673. The predicted octanol–water partition coefficient (Wildman–Crippen LogP) is 2.21. The zero-order valence-corrected chi connectivity index (χ0v) is 11.9. The molecular formula is C16H17NO4. The summed E-state index contributed by atoms with van der Waals surface area (Å²) >= 11 is 0. The van der Waals surface area contributed by atoms with E-state index in [2.05, 4.69) is 11.9 Å². The Morgan fingerprint density at radius 2 is 2.19 bits per heavy atom. The minimum Gasteiger partial charge on any atom is -0.489 e. The van der Waals surface area contributed by atoms with Crippen molar-refractivity contribution < 1.29 is 19.1 Å². The summed E-state index contributed by atoms with van der Waals surface area (Å²) in [5.74, 6) is 0.303. The number of rotatable bonds is 3. The Morgan fingerprint density at radius 3 is 2.90 bits per heavy atom. The molecule has 2 aliphatic heterocycles. The lowest BCUT2D eigenvalue weighted by molar-refractivity contribution is -0.147. The first kappa shape index (κ1) is 13.7. The van der Waals surface area contributed by atoms with Gasteiger partial charge < -0.3 is 14.8 Å². The molecule has 0 saturated carbocycles. The van der Waals surface area contributed by atoms with E-state index in [1.165, 1.54) is 0 Å². The van der Waals surface area contributed by atoms with Crippen molar-refractivity contribution in [1.82, 2.24) is 0 Å². The molecule has 0 radical (unpaired) electrons. The van der Waals surface area contributed by atoms with Crippen molar-refractivity contribution in [1.29, 1.82) is 0 Å². The average molecular weight is 287 g/mol. The van der Waals surface area contributed by atoms with Gasteiger partial charge in [-0.1, -0.05) is 12.6 Å². The molecule has 5 nitrogen and oxygen atoms in total. The van der Waals surface area contributed by atoms with E-state index in [4.69, 9.17) is 9.47 Å². The van der Waals surface area contributed by atoms with Crippen molar-refractivity contribution >= 4 is 17.6 Å². The predicted molar refractivity (Wildman–Crippen MR) is 77.1 cm³/mol. The standard InChI is InChI=1S/C16H17NO4/c1-10-8-16(2,21-15(10)19)9-20-12-5-3-11-4-6-14(18)17-13(11)7-12/h3,5,7H,1,4,6,8-9H2,2H3,(H,17,18). The number of carbonyl (C=O) groups is 2. The summed E-state index contributed by atoms with van der Waals surface area (Å²) in [4.78, 5) is 22.8. The van der Waals surface area contributed by atoms with Crippen LogP contribution >= 0.6 is 0 Å². The van der Waals surface area contributed by atoms with Crippen LogP contribution in [0.5, 0.6) is 5.75 Å². The molecule has 3 rings (SSSR count). The second-order valence-corrected chi connectivity index (χ2v) is 5.78. The number of hydrogen-bond donors (Lipinski definition) is 1. The van der Waals surface area contributed by atoms with E-state index < -0.39 is 5.60 Å². The number of ether oxygens (including phenoxy) is 2. The van der Waals surface area contributed by atoms with Crippen LogP contribution in [0.4, 0.5) is 5.69 Å². The van der Waals surface area contributed by atoms with Gasteiger partial charge in [-0.2, -0.15) is 0 Å². The largest absolute Gasteiger partial charge is 0.489 e. The highest BCUT2D eigenvalue weighted by Crippen LogP contribution is 2.32. The molecule has 1 fully saturated rings. The smallest absolute Gasteiger partial charge is 0.334 e. The first-order valence-electron chi connectivity index (χ1n) is 6.92. The second kappa shape index (κ2) is 4.91. The topological polar surface area (TPSA) is 64.6 Å². The van der Waals surface area contributed by atoms with Gasteiger partial charge in [-0.25, -0.2) is 4.79 Å². The molecule has 1 atom stereocenters. The molecule has 5 heteroatoms. The van der Waals surface area contributed by atoms with Crippen molar-refractivity contribution in [2.24, 2.45) is 0 Å². The normalized spacial score (nSPS) is 24.3. The minimum absolute atomic E-state index is 0.0210. The fourth-order valence-corrected chi connectivity index (χ4v) is 2.61. The molecule has 0 bridgehead atoms. The summed E-state index contributed by atoms with van der Waals surface area (Å²) in [5.41, 5.74) is 1.70. The van der Waals surface area contributed by atoms with Gasteiger partial charge in [0.25, 0.3) is 0 Å². The first-order chi connectivity index (χ1) is 9.95. The maximum Gasteiger partial charge on any atom is 0.334 e. The van der Waals surface area contributed by atoms with Gasteiger partial charge in [-0.15, -0.1) is 0 Å². The molecule has 1 amide bonds. The molecule has 1 unspecified atom stereocenters. The van der Waals surface area contributed by atoms with Crippen LogP contribution in [0.2, 0.25) is 0 Å². The Kier molecular flexibility index (Phi) is 3.20. The van der Waals surface area contributed by atoms with Crippen molar-refractivity contribution in [3.8, 4) is 5.75 Å². The van der Waals surface area contributed by atoms with E-state index in [1.54, 1.807) is 6.07 Å². The van der Waals surface area contributed by atoms with Crippen LogP contribution in [-0.4, -0.2) is 24.1 Å². The van der Waals surface area contributed by atoms with Crippen LogP contribution in [0.3, 0.4) is 0 Å². The lowest BCUT2D eigenvalue weighted by Gasteiger charge is -2.23. The zero-order valence-electron chi connectivity index (χ0n) is 11.9. The van der Waals surface area contributed by atoms with Crippen molar-refractivity contribution in [2.75, 3.05) is 11.9 Å². The van der Waals surface area contributed by atoms with Gasteiger partial charge in [0.05, 0.1) is 0 Å². The van der Waals surface area contributed by atoms with Crippen molar-refractivity contribution in [3.63, 3.8) is 0 Å². The number of aryl methyl sites for hydroxylation is 1. The summed E-state index contributed by atoms with van der Waals surface area (Å²) in [6, 6.07) is 5.62. The number of benzene rings is 1. The van der Waals surface area contributed by atoms with E-state index >= 15 is 0 Å². The number of carbonyl (C=O) groups excluding carboxylic acids is 2. The highest BCUT2D eigenvalue weighted by molar-refractivity contribution is 5.94. The third kappa shape index (κ3) is 2.77. The molecule has 0 aromatic heterocycles. The van der Waals surface area contributed by atoms with Crippen LogP contribution in [0.25, 0.3) is 0 Å². The summed E-state index contributed by atoms with van der Waals surface area (Å²) in [6.45, 7) is 5.75. The van der Waals surface area contributed by atoms with Gasteiger partial charge >= 0.3 is 5.97 Å². The molecule has 1 aromatic carbocycles. The number of esters is 1. The number of anilines is 1. The van der Waals surface area contributed by atoms with Gasteiger partial charge in [0, 0.05) is 30.2 Å². The molecule has 110 valence electrons. The Bertz CT molecular complexity index is 619. The molecule has 1 N–H and O–H groups in total. The molecule has 0 aliphatic carbocycles. The quantitative estimate of drug-likeness (QED) is 0.684. The van der Waals surface area contributed by atoms with E-state index in [0.717, 1.165) is 17.7 Å². The van der Waals surface area contributed by atoms with E-state index in [-0.39, 0.29) is 18.5 Å². The number of hydrogen-bond acceptors (Lipinski definition) is 4. The fourth-order valence-electron chi connectivity index (χ4n) is 2.61. The maximum absolute atomic E-state index is 11.4. The monoisotopic (exact) mass is 287 g/mol. The Labute approximate surface area is 122 Å². The van der Waals surface area contributed by atoms with Gasteiger partial charge in [-0.05, 0) is 25.0 Å². The number of amides is 1. The summed E-state index contributed by atoms with van der Waals surface area (Å²) in [6.07, 6.45) is 1.73. The highest BCUT2D eigenvalue weighted by atomic mass is 16.6. The molecule has 1 aromatic rings. The second-order valence-electron chi connectivity index (χ2n) is 5.78. The lowest BCUT2D eigenvalue weighted by Crippen LogP contribution is -2.32. The average Bonchev–Trinajstić information content (AvgIpc) is 2.70. The van der Waals surface area contributed by atoms with Gasteiger partial charge in [0.15, 0.2) is 0 Å². The molecule has 2 heterocycles. The van der Waals surface area contributed by atoms with Crippen LogP contribution in [-0.2, 0) is 20.7 Å². The Balaban J connectivity index is 1.69. The summed E-state index contributed by atoms with van der Waals surface area (Å²) in [7, 11) is 0. The third-order valence-electron chi connectivity index (χ3n) is 3.74. The van der Waals surface area contributed by atoms with E-state index in [9.17, 15) is 9.59 Å². The number of fused-ring (bicyclic) bond motifs is 1. The first-order valence-corrected chi connectivity index (χ1v) is 6.92. The SMILES string of the molecule is C=C1CC(C)(COc2ccc3c(c2)NC(=O)CC3)OC1=O. The van der Waals surface area contributed by atoms with E-state index in [0.29, 0.717) is 24.2 Å². The van der Waals surface area contributed by atoms with E-state index in [1.807, 2.05) is 19.1 Å². The third-order valence-corrected chi connectivity index (χ3v) is 3.74. The zero-order chi connectivity index (χ0) is 15.0. The Hall–Kier alpha value is -2.30. The van der Waals surface area contributed by atoms with Gasteiger partial charge in [0.1, 0.15) is 18.0 Å². The van der Waals surface area contributed by atoms with Crippen molar-refractivity contribution in [2.45, 2.75) is 31.8 Å². The molecule has 2 aliphatic rings. The highest BCUT2D eigenvalue weighted by Gasteiger charge is 2.39. The Morgan fingerprint density at radius 1 is 1.38 bits per heavy atom. The number of nitrogens with one attached hydrogen (secondary N) is 1. The number of cyclic esters (lactones) is 1. The van der Waals surface area contributed by atoms with Crippen molar-refractivity contribution in [3.05, 3.63) is 35.9 Å².